The Morgan fingerprint density at radius 3 is 2.86 bits per heavy atom. The molecule has 1 heterocycles. The number of hydrogen-bond donors (Lipinski definition) is 1. The van der Waals surface area contributed by atoms with Crippen molar-refractivity contribution >= 4 is 23.4 Å². The van der Waals surface area contributed by atoms with Crippen molar-refractivity contribution in [3.63, 3.8) is 0 Å². The number of likely N-dealkylation sites (tertiary alicyclic amines) is 1. The van der Waals surface area contributed by atoms with E-state index in [4.69, 9.17) is 16.3 Å². The van der Waals surface area contributed by atoms with Crippen molar-refractivity contribution in [1.29, 1.82) is 0 Å². The highest BCUT2D eigenvalue weighted by Gasteiger charge is 2.31. The van der Waals surface area contributed by atoms with E-state index in [1.807, 2.05) is 20.8 Å². The molecule has 4 nitrogen and oxygen atoms in total. The number of halogens is 2. The molecular formula is C16H22ClFN2O2. The Kier molecular flexibility index (Phi) is 5.16. The summed E-state index contributed by atoms with van der Waals surface area (Å²) in [5, 5.41) is 3.52. The SMILES string of the molecule is CC(C)(C)OC(=O)N1CCCC1CNc1ccc(F)cc1Cl. The van der Waals surface area contributed by atoms with Gasteiger partial charge in [-0.05, 0) is 51.8 Å². The summed E-state index contributed by atoms with van der Waals surface area (Å²) in [7, 11) is 0. The zero-order valence-corrected chi connectivity index (χ0v) is 13.9. The minimum Gasteiger partial charge on any atom is -0.444 e. The fourth-order valence-electron chi connectivity index (χ4n) is 2.47. The fourth-order valence-corrected chi connectivity index (χ4v) is 2.70. The maximum absolute atomic E-state index is 13.0. The van der Waals surface area contributed by atoms with E-state index in [0.29, 0.717) is 23.8 Å². The molecule has 122 valence electrons. The quantitative estimate of drug-likeness (QED) is 0.900. The van der Waals surface area contributed by atoms with Crippen LogP contribution < -0.4 is 5.32 Å². The minimum atomic E-state index is -0.502. The van der Waals surface area contributed by atoms with Crippen LogP contribution in [0.5, 0.6) is 0 Å². The van der Waals surface area contributed by atoms with Crippen molar-refractivity contribution in [2.45, 2.75) is 45.3 Å². The summed E-state index contributed by atoms with van der Waals surface area (Å²) < 4.78 is 18.5. The average molecular weight is 329 g/mol. The molecule has 2 rings (SSSR count). The molecular weight excluding hydrogens is 307 g/mol. The molecule has 1 unspecified atom stereocenters. The van der Waals surface area contributed by atoms with Gasteiger partial charge < -0.3 is 15.0 Å². The van der Waals surface area contributed by atoms with Crippen LogP contribution in [0.2, 0.25) is 5.02 Å². The summed E-state index contributed by atoms with van der Waals surface area (Å²) in [6.07, 6.45) is 1.57. The molecule has 1 fully saturated rings. The lowest BCUT2D eigenvalue weighted by Crippen LogP contribution is -2.42. The van der Waals surface area contributed by atoms with Crippen LogP contribution in [0.15, 0.2) is 18.2 Å². The zero-order valence-electron chi connectivity index (χ0n) is 13.2. The zero-order chi connectivity index (χ0) is 16.3. The molecule has 1 amide bonds. The van der Waals surface area contributed by atoms with E-state index in [0.717, 1.165) is 12.8 Å². The van der Waals surface area contributed by atoms with E-state index >= 15 is 0 Å². The Balaban J connectivity index is 1.95. The Morgan fingerprint density at radius 1 is 1.50 bits per heavy atom. The molecule has 1 aromatic rings. The highest BCUT2D eigenvalue weighted by atomic mass is 35.5. The summed E-state index contributed by atoms with van der Waals surface area (Å²) in [6.45, 7) is 6.81. The van der Waals surface area contributed by atoms with Gasteiger partial charge in [0.2, 0.25) is 0 Å². The van der Waals surface area contributed by atoms with Gasteiger partial charge in [-0.2, -0.15) is 0 Å². The van der Waals surface area contributed by atoms with Crippen LogP contribution in [0.4, 0.5) is 14.9 Å². The molecule has 1 aliphatic rings. The van der Waals surface area contributed by atoms with Crippen LogP contribution in [0.3, 0.4) is 0 Å². The van der Waals surface area contributed by atoms with Gasteiger partial charge in [0.05, 0.1) is 16.8 Å². The van der Waals surface area contributed by atoms with E-state index < -0.39 is 5.60 Å². The first kappa shape index (κ1) is 16.9. The van der Waals surface area contributed by atoms with Crippen LogP contribution in [0.1, 0.15) is 33.6 Å². The number of amides is 1. The van der Waals surface area contributed by atoms with Crippen LogP contribution in [-0.4, -0.2) is 35.7 Å². The molecule has 0 aromatic heterocycles. The van der Waals surface area contributed by atoms with Crippen LogP contribution in [-0.2, 0) is 4.74 Å². The maximum atomic E-state index is 13.0. The Morgan fingerprint density at radius 2 is 2.23 bits per heavy atom. The highest BCUT2D eigenvalue weighted by Crippen LogP contribution is 2.25. The van der Waals surface area contributed by atoms with Crippen molar-refractivity contribution in [1.82, 2.24) is 4.90 Å². The first-order valence-electron chi connectivity index (χ1n) is 7.45. The van der Waals surface area contributed by atoms with Gasteiger partial charge in [0.25, 0.3) is 0 Å². The lowest BCUT2D eigenvalue weighted by atomic mass is 10.2. The number of carbonyl (C=O) groups is 1. The standard InChI is InChI=1S/C16H22ClFN2O2/c1-16(2,3)22-15(21)20-8-4-5-12(20)10-19-14-7-6-11(18)9-13(14)17/h6-7,9,12,19H,4-5,8,10H2,1-3H3. The molecule has 1 atom stereocenters. The molecule has 22 heavy (non-hydrogen) atoms. The topological polar surface area (TPSA) is 41.6 Å². The average Bonchev–Trinajstić information content (AvgIpc) is 2.84. The van der Waals surface area contributed by atoms with Crippen molar-refractivity contribution in [3.05, 3.63) is 29.0 Å². The summed E-state index contributed by atoms with van der Waals surface area (Å²) in [6, 6.07) is 4.28. The van der Waals surface area contributed by atoms with Gasteiger partial charge in [0.15, 0.2) is 0 Å². The predicted octanol–water partition coefficient (Wildman–Crippen LogP) is 4.29. The van der Waals surface area contributed by atoms with E-state index in [1.165, 1.54) is 12.1 Å². The second-order valence-electron chi connectivity index (χ2n) is 6.47. The maximum Gasteiger partial charge on any atom is 0.410 e. The van der Waals surface area contributed by atoms with Gasteiger partial charge >= 0.3 is 6.09 Å². The summed E-state index contributed by atoms with van der Waals surface area (Å²) >= 11 is 5.99. The second-order valence-corrected chi connectivity index (χ2v) is 6.88. The molecule has 0 bridgehead atoms. The molecule has 0 radical (unpaired) electrons. The van der Waals surface area contributed by atoms with Gasteiger partial charge in [-0.25, -0.2) is 9.18 Å². The van der Waals surface area contributed by atoms with Gasteiger partial charge in [-0.15, -0.1) is 0 Å². The third kappa shape index (κ3) is 4.50. The number of ether oxygens (including phenoxy) is 1. The van der Waals surface area contributed by atoms with E-state index in [2.05, 4.69) is 5.32 Å². The third-order valence-electron chi connectivity index (χ3n) is 3.46. The Hall–Kier alpha value is -1.49. The van der Waals surface area contributed by atoms with Crippen molar-refractivity contribution in [3.8, 4) is 0 Å². The molecule has 6 heteroatoms. The highest BCUT2D eigenvalue weighted by molar-refractivity contribution is 6.33. The third-order valence-corrected chi connectivity index (χ3v) is 3.78. The number of hydrogen-bond acceptors (Lipinski definition) is 3. The predicted molar refractivity (Wildman–Crippen MR) is 85.9 cm³/mol. The van der Waals surface area contributed by atoms with Crippen molar-refractivity contribution in [2.75, 3.05) is 18.4 Å². The number of carbonyl (C=O) groups excluding carboxylic acids is 1. The molecule has 0 aliphatic carbocycles. The molecule has 1 aromatic carbocycles. The minimum absolute atomic E-state index is 0.0518. The van der Waals surface area contributed by atoms with E-state index in [-0.39, 0.29) is 18.0 Å². The first-order chi connectivity index (χ1) is 10.3. The lowest BCUT2D eigenvalue weighted by Gasteiger charge is -2.29. The number of benzene rings is 1. The summed E-state index contributed by atoms with van der Waals surface area (Å²) in [5.41, 5.74) is 0.164. The fraction of sp³-hybridized carbons (Fsp3) is 0.562. The monoisotopic (exact) mass is 328 g/mol. The molecule has 0 spiro atoms. The Labute approximate surface area is 135 Å². The molecule has 1 saturated heterocycles. The van der Waals surface area contributed by atoms with Gasteiger partial charge in [0.1, 0.15) is 11.4 Å². The van der Waals surface area contributed by atoms with E-state index in [1.54, 1.807) is 11.0 Å². The molecule has 1 N–H and O–H groups in total. The van der Waals surface area contributed by atoms with E-state index in [9.17, 15) is 9.18 Å². The molecule has 1 aliphatic heterocycles. The largest absolute Gasteiger partial charge is 0.444 e. The van der Waals surface area contributed by atoms with Gasteiger partial charge in [-0.3, -0.25) is 0 Å². The van der Waals surface area contributed by atoms with Crippen LogP contribution in [0, 0.1) is 5.82 Å². The summed E-state index contributed by atoms with van der Waals surface area (Å²) in [4.78, 5) is 13.9. The smallest absolute Gasteiger partial charge is 0.410 e. The molecule has 0 saturated carbocycles. The summed E-state index contributed by atoms with van der Waals surface area (Å²) in [5.74, 6) is -0.369. The van der Waals surface area contributed by atoms with Crippen LogP contribution >= 0.6 is 11.6 Å². The van der Waals surface area contributed by atoms with Crippen LogP contribution in [0.25, 0.3) is 0 Å². The normalized spacial score (nSPS) is 18.4. The van der Waals surface area contributed by atoms with Crippen molar-refractivity contribution < 1.29 is 13.9 Å². The number of anilines is 1. The van der Waals surface area contributed by atoms with Gasteiger partial charge in [-0.1, -0.05) is 11.6 Å². The number of nitrogens with zero attached hydrogens (tertiary/aromatic N) is 1. The van der Waals surface area contributed by atoms with Crippen molar-refractivity contribution in [2.24, 2.45) is 0 Å². The second kappa shape index (κ2) is 6.73. The number of rotatable bonds is 3. The van der Waals surface area contributed by atoms with Gasteiger partial charge in [0, 0.05) is 13.1 Å². The Bertz CT molecular complexity index is 545. The number of nitrogens with one attached hydrogen (secondary N) is 1. The first-order valence-corrected chi connectivity index (χ1v) is 7.82. The lowest BCUT2D eigenvalue weighted by molar-refractivity contribution is 0.0235.